The molecule has 0 saturated heterocycles. The van der Waals surface area contributed by atoms with E-state index < -0.39 is 0 Å². The maximum atomic E-state index is 6.63. The minimum absolute atomic E-state index is 0. The van der Waals surface area contributed by atoms with E-state index in [1.807, 2.05) is 12.3 Å². The van der Waals surface area contributed by atoms with Crippen LogP contribution in [0.1, 0.15) is 115 Å². The number of aliphatic imine (C=N–C) groups is 1. The molecule has 7 rings (SSSR count). The number of pyridine rings is 1. The van der Waals surface area contributed by atoms with Crippen molar-refractivity contribution in [1.29, 1.82) is 0 Å². The SMILES string of the molecule is CC(C)c1cc(Oc2[c-]c3c(cc2)C(C)(C)c2ccccc2N3c2cc(C(C)(C)C)ccn2)[c-]c(C2=N[C@H]3CCCC[C@]3(C)O2)c1.[Pt+2]. The molecule has 3 heterocycles. The monoisotopic (exact) mass is 806 g/mol. The van der Waals surface area contributed by atoms with Crippen LogP contribution in [0.4, 0.5) is 17.2 Å². The van der Waals surface area contributed by atoms with Crippen molar-refractivity contribution < 1.29 is 30.5 Å². The molecular weight excluding hydrogens is 762 g/mol. The molecule has 2 atom stereocenters. The summed E-state index contributed by atoms with van der Waals surface area (Å²) >= 11 is 0. The van der Waals surface area contributed by atoms with Gasteiger partial charge in [0.05, 0.1) is 6.04 Å². The Hall–Kier alpha value is -3.43. The van der Waals surface area contributed by atoms with Gasteiger partial charge in [-0.15, -0.1) is 29.3 Å². The molecule has 0 amide bonds. The van der Waals surface area contributed by atoms with Crippen LogP contribution in [0.5, 0.6) is 11.5 Å². The Kier molecular flexibility index (Phi) is 8.71. The molecule has 5 nitrogen and oxygen atoms in total. The Bertz CT molecular complexity index is 1840. The average molecular weight is 807 g/mol. The molecular formula is C41H45N3O2Pt. The first-order chi connectivity index (χ1) is 21.8. The zero-order valence-corrected chi connectivity index (χ0v) is 31.1. The molecule has 0 unspecified atom stereocenters. The van der Waals surface area contributed by atoms with Crippen molar-refractivity contribution in [2.24, 2.45) is 4.99 Å². The summed E-state index contributed by atoms with van der Waals surface area (Å²) in [7, 11) is 0. The topological polar surface area (TPSA) is 47.0 Å². The van der Waals surface area contributed by atoms with Gasteiger partial charge in [0.15, 0.2) is 0 Å². The summed E-state index contributed by atoms with van der Waals surface area (Å²) in [6.07, 6.45) is 6.40. The van der Waals surface area contributed by atoms with Crippen molar-refractivity contribution in [1.82, 2.24) is 4.98 Å². The summed E-state index contributed by atoms with van der Waals surface area (Å²) in [6, 6.07) is 28.8. The molecule has 1 aromatic heterocycles. The maximum absolute atomic E-state index is 6.63. The van der Waals surface area contributed by atoms with Crippen LogP contribution in [0.25, 0.3) is 0 Å². The molecule has 0 spiro atoms. The van der Waals surface area contributed by atoms with Crippen molar-refractivity contribution in [2.75, 3.05) is 4.90 Å². The quantitative estimate of drug-likeness (QED) is 0.189. The first kappa shape index (κ1) is 33.5. The number of fused-ring (bicyclic) bond motifs is 3. The Morgan fingerprint density at radius 1 is 0.936 bits per heavy atom. The van der Waals surface area contributed by atoms with E-state index in [9.17, 15) is 0 Å². The number of rotatable bonds is 5. The zero-order valence-electron chi connectivity index (χ0n) is 28.8. The van der Waals surface area contributed by atoms with Crippen molar-refractivity contribution in [3.63, 3.8) is 0 Å². The molecule has 4 aromatic rings. The first-order valence-electron chi connectivity index (χ1n) is 16.8. The van der Waals surface area contributed by atoms with Gasteiger partial charge in [-0.2, -0.15) is 6.07 Å². The van der Waals surface area contributed by atoms with Gasteiger partial charge >= 0.3 is 21.1 Å². The van der Waals surface area contributed by atoms with Crippen molar-refractivity contribution in [3.05, 3.63) is 107 Å². The molecule has 6 heteroatoms. The third-order valence-electron chi connectivity index (χ3n) is 10.1. The smallest absolute Gasteiger partial charge is 0.512 e. The summed E-state index contributed by atoms with van der Waals surface area (Å²) < 4.78 is 13.2. The minimum Gasteiger partial charge on any atom is -0.512 e. The third-order valence-corrected chi connectivity index (χ3v) is 10.1. The van der Waals surface area contributed by atoms with Gasteiger partial charge in [0.25, 0.3) is 0 Å². The Balaban J connectivity index is 0.00000386. The summed E-state index contributed by atoms with van der Waals surface area (Å²) in [5.41, 5.74) is 7.24. The molecule has 246 valence electrons. The van der Waals surface area contributed by atoms with Gasteiger partial charge in [-0.25, -0.2) is 4.98 Å². The number of aromatic nitrogens is 1. The molecule has 0 radical (unpaired) electrons. The number of hydrogen-bond donors (Lipinski definition) is 0. The predicted molar refractivity (Wildman–Crippen MR) is 186 cm³/mol. The predicted octanol–water partition coefficient (Wildman–Crippen LogP) is 10.5. The fourth-order valence-corrected chi connectivity index (χ4v) is 7.22. The molecule has 1 saturated carbocycles. The number of nitrogens with zero attached hydrogens (tertiary/aromatic N) is 3. The van der Waals surface area contributed by atoms with E-state index in [-0.39, 0.29) is 43.5 Å². The second-order valence-electron chi connectivity index (χ2n) is 15.3. The van der Waals surface area contributed by atoms with Gasteiger partial charge in [0, 0.05) is 23.4 Å². The average Bonchev–Trinajstić information content (AvgIpc) is 3.38. The molecule has 3 aromatic carbocycles. The number of ether oxygens (including phenoxy) is 2. The van der Waals surface area contributed by atoms with Gasteiger partial charge in [0.1, 0.15) is 17.3 Å². The van der Waals surface area contributed by atoms with Crippen LogP contribution in [0, 0.1) is 12.1 Å². The second kappa shape index (κ2) is 12.2. The van der Waals surface area contributed by atoms with Gasteiger partial charge in [-0.1, -0.05) is 96.5 Å². The number of para-hydroxylation sites is 1. The summed E-state index contributed by atoms with van der Waals surface area (Å²) in [4.78, 5) is 12.2. The van der Waals surface area contributed by atoms with Gasteiger partial charge in [-0.05, 0) is 72.3 Å². The van der Waals surface area contributed by atoms with E-state index in [1.54, 1.807) is 0 Å². The Morgan fingerprint density at radius 3 is 2.47 bits per heavy atom. The summed E-state index contributed by atoms with van der Waals surface area (Å²) in [6.45, 7) is 17.9. The van der Waals surface area contributed by atoms with Gasteiger partial charge in [0.2, 0.25) is 0 Å². The first-order valence-corrected chi connectivity index (χ1v) is 16.8. The van der Waals surface area contributed by atoms with E-state index in [0.29, 0.717) is 23.3 Å². The number of benzene rings is 3. The Labute approximate surface area is 295 Å². The van der Waals surface area contributed by atoms with Crippen LogP contribution in [0.3, 0.4) is 0 Å². The number of anilines is 3. The third kappa shape index (κ3) is 6.05. The molecule has 1 aliphatic carbocycles. The van der Waals surface area contributed by atoms with Crippen molar-refractivity contribution >= 4 is 23.1 Å². The normalized spacial score (nSPS) is 21.2. The fraction of sp³-hybridized carbons (Fsp3) is 0.415. The van der Waals surface area contributed by atoms with E-state index in [0.717, 1.165) is 41.2 Å². The fourth-order valence-electron chi connectivity index (χ4n) is 7.22. The van der Waals surface area contributed by atoms with Crippen LogP contribution in [-0.4, -0.2) is 22.5 Å². The molecule has 0 N–H and O–H groups in total. The number of hydrogen-bond acceptors (Lipinski definition) is 5. The van der Waals surface area contributed by atoms with Crippen molar-refractivity contribution in [3.8, 4) is 11.5 Å². The zero-order chi connectivity index (χ0) is 32.4. The maximum Gasteiger partial charge on any atom is 2.00 e. The molecule has 2 aliphatic heterocycles. The van der Waals surface area contributed by atoms with Crippen LogP contribution >= 0.6 is 0 Å². The standard InChI is InChI=1S/C41H45N3O2.Pt/c1-26(2)27-21-28(38-43-36-15-11-12-19-41(36,8)46-38)23-31(22-27)45-30-16-17-33-35(25-30)44(34-14-10-9-13-32(34)40(33,6)7)37-24-29(18-20-42-37)39(3,4)5;/h9-10,13-14,16-18,20-22,24,26,36H,11-12,15,19H2,1-8H3;/q-2;+2/t36-,41-;/m0./s1. The largest absolute Gasteiger partial charge is 2.00 e. The molecule has 1 fully saturated rings. The Morgan fingerprint density at radius 2 is 1.72 bits per heavy atom. The van der Waals surface area contributed by atoms with Crippen LogP contribution in [0.2, 0.25) is 0 Å². The molecule has 47 heavy (non-hydrogen) atoms. The van der Waals surface area contributed by atoms with E-state index in [1.165, 1.54) is 29.5 Å². The summed E-state index contributed by atoms with van der Waals surface area (Å²) in [5, 5.41) is 0. The summed E-state index contributed by atoms with van der Waals surface area (Å²) in [5.74, 6) is 3.12. The molecule has 3 aliphatic rings. The van der Waals surface area contributed by atoms with E-state index in [2.05, 4.69) is 127 Å². The van der Waals surface area contributed by atoms with Crippen LogP contribution in [0.15, 0.2) is 71.9 Å². The van der Waals surface area contributed by atoms with E-state index in [4.69, 9.17) is 19.5 Å². The second-order valence-corrected chi connectivity index (χ2v) is 15.3. The van der Waals surface area contributed by atoms with E-state index >= 15 is 0 Å². The van der Waals surface area contributed by atoms with Crippen molar-refractivity contribution in [2.45, 2.75) is 109 Å². The van der Waals surface area contributed by atoms with Gasteiger partial charge < -0.3 is 14.4 Å². The van der Waals surface area contributed by atoms with Gasteiger partial charge in [-0.3, -0.25) is 4.99 Å². The van der Waals surface area contributed by atoms with Crippen LogP contribution < -0.4 is 9.64 Å². The molecule has 0 bridgehead atoms. The minimum atomic E-state index is -0.235. The van der Waals surface area contributed by atoms with Crippen LogP contribution in [-0.2, 0) is 36.6 Å².